The molecule has 0 N–H and O–H groups in total. The summed E-state index contributed by atoms with van der Waals surface area (Å²) >= 11 is 0. The number of hydrogen-bond acceptors (Lipinski definition) is 2. The minimum atomic E-state index is 0.856. The summed E-state index contributed by atoms with van der Waals surface area (Å²) in [5.41, 5.74) is 5.65. The lowest BCUT2D eigenvalue weighted by atomic mass is 10.0. The topological polar surface area (TPSA) is 27.1 Å². The van der Waals surface area contributed by atoms with Crippen molar-refractivity contribution < 1.29 is 4.74 Å². The van der Waals surface area contributed by atoms with Gasteiger partial charge in [-0.05, 0) is 30.7 Å². The van der Waals surface area contributed by atoms with E-state index in [0.29, 0.717) is 0 Å². The quantitative estimate of drug-likeness (QED) is 0.297. The highest BCUT2D eigenvalue weighted by atomic mass is 16.5. The number of benzene rings is 3. The molecule has 4 aromatic rings. The van der Waals surface area contributed by atoms with Crippen LogP contribution in [0, 0.1) is 0 Å². The molecule has 1 heterocycles. The van der Waals surface area contributed by atoms with Gasteiger partial charge in [-0.25, -0.2) is 4.98 Å². The average Bonchev–Trinajstić information content (AvgIpc) is 3.20. The summed E-state index contributed by atoms with van der Waals surface area (Å²) in [5.74, 6) is 1.86. The Kier molecular flexibility index (Phi) is 6.29. The Hall–Kier alpha value is -3.33. The molecule has 1 aromatic heterocycles. The Morgan fingerprint density at radius 2 is 1.37 bits per heavy atom. The highest BCUT2D eigenvalue weighted by Gasteiger charge is 2.20. The summed E-state index contributed by atoms with van der Waals surface area (Å²) in [7, 11) is 1.70. The molecule has 0 aliphatic heterocycles. The van der Waals surface area contributed by atoms with Gasteiger partial charge in [-0.3, -0.25) is 0 Å². The summed E-state index contributed by atoms with van der Waals surface area (Å²) in [4.78, 5) is 5.18. The van der Waals surface area contributed by atoms with E-state index in [1.165, 1.54) is 24.1 Å². The number of aromatic nitrogens is 2. The maximum atomic E-state index is 5.36. The van der Waals surface area contributed by atoms with Crippen LogP contribution in [0.2, 0.25) is 0 Å². The van der Waals surface area contributed by atoms with E-state index in [1.807, 2.05) is 18.2 Å². The van der Waals surface area contributed by atoms with Gasteiger partial charge in [-0.15, -0.1) is 0 Å². The Morgan fingerprint density at radius 3 is 1.97 bits per heavy atom. The van der Waals surface area contributed by atoms with Crippen LogP contribution in [0.4, 0.5) is 0 Å². The van der Waals surface area contributed by atoms with E-state index >= 15 is 0 Å². The van der Waals surface area contributed by atoms with Crippen LogP contribution < -0.4 is 4.74 Å². The van der Waals surface area contributed by atoms with Gasteiger partial charge < -0.3 is 9.30 Å². The van der Waals surface area contributed by atoms with Crippen molar-refractivity contribution in [2.24, 2.45) is 0 Å². The van der Waals surface area contributed by atoms with Crippen LogP contribution in [-0.4, -0.2) is 16.7 Å². The molecule has 0 radical (unpaired) electrons. The van der Waals surface area contributed by atoms with Crippen molar-refractivity contribution in [3.63, 3.8) is 0 Å². The molecule has 152 valence electrons. The number of methoxy groups -OCH3 is 1. The fraction of sp³-hybridized carbons (Fsp3) is 0.222. The van der Waals surface area contributed by atoms with Gasteiger partial charge in [0.05, 0.1) is 18.5 Å². The van der Waals surface area contributed by atoms with Gasteiger partial charge in [-0.2, -0.15) is 0 Å². The maximum Gasteiger partial charge on any atom is 0.141 e. The number of hydrogen-bond donors (Lipinski definition) is 0. The van der Waals surface area contributed by atoms with Crippen LogP contribution in [0.5, 0.6) is 5.75 Å². The maximum absolute atomic E-state index is 5.36. The second-order valence-corrected chi connectivity index (χ2v) is 7.45. The van der Waals surface area contributed by atoms with E-state index in [-0.39, 0.29) is 0 Å². The lowest BCUT2D eigenvalue weighted by Gasteiger charge is -2.13. The lowest BCUT2D eigenvalue weighted by molar-refractivity contribution is 0.415. The molecule has 3 heteroatoms. The van der Waals surface area contributed by atoms with E-state index < -0.39 is 0 Å². The zero-order valence-electron chi connectivity index (χ0n) is 17.7. The molecule has 0 saturated carbocycles. The Morgan fingerprint density at radius 1 is 0.733 bits per heavy atom. The van der Waals surface area contributed by atoms with Crippen LogP contribution >= 0.6 is 0 Å². The number of nitrogens with zero attached hydrogens (tertiary/aromatic N) is 2. The first-order valence-electron chi connectivity index (χ1n) is 10.7. The molecule has 0 fully saturated rings. The fourth-order valence-electron chi connectivity index (χ4n) is 3.84. The van der Waals surface area contributed by atoms with E-state index in [0.717, 1.165) is 41.4 Å². The van der Waals surface area contributed by atoms with E-state index in [9.17, 15) is 0 Å². The normalized spacial score (nSPS) is 10.9. The van der Waals surface area contributed by atoms with E-state index in [2.05, 4.69) is 78.2 Å². The summed E-state index contributed by atoms with van der Waals surface area (Å²) < 4.78 is 7.75. The third-order valence-electron chi connectivity index (χ3n) is 5.40. The molecule has 3 nitrogen and oxygen atoms in total. The lowest BCUT2D eigenvalue weighted by Crippen LogP contribution is -2.03. The third-order valence-corrected chi connectivity index (χ3v) is 5.40. The first kappa shape index (κ1) is 20.0. The molecule has 0 saturated heterocycles. The Labute approximate surface area is 179 Å². The standard InChI is InChI=1S/C27H28N2O/c1-3-4-11-20-29-26(22-14-9-6-10-15-22)25(21-12-7-5-8-13-21)28-27(29)23-16-18-24(30-2)19-17-23/h5-10,12-19H,3-4,11,20H2,1-2H3. The van der Waals surface area contributed by atoms with Gasteiger partial charge in [0, 0.05) is 23.2 Å². The molecule has 30 heavy (non-hydrogen) atoms. The molecule has 0 unspecified atom stereocenters. The fourth-order valence-corrected chi connectivity index (χ4v) is 3.84. The highest BCUT2D eigenvalue weighted by Crippen LogP contribution is 2.36. The molecule has 0 atom stereocenters. The number of imidazole rings is 1. The van der Waals surface area contributed by atoms with Gasteiger partial charge in [0.1, 0.15) is 11.6 Å². The van der Waals surface area contributed by atoms with Crippen molar-refractivity contribution in [1.29, 1.82) is 0 Å². The van der Waals surface area contributed by atoms with Crippen LogP contribution in [0.1, 0.15) is 26.2 Å². The predicted molar refractivity (Wildman–Crippen MR) is 125 cm³/mol. The molecule has 4 rings (SSSR count). The molecular weight excluding hydrogens is 368 g/mol. The molecule has 0 aliphatic carbocycles. The molecular formula is C27H28N2O. The van der Waals surface area contributed by atoms with Crippen LogP contribution in [0.3, 0.4) is 0 Å². The van der Waals surface area contributed by atoms with E-state index in [4.69, 9.17) is 9.72 Å². The zero-order valence-corrected chi connectivity index (χ0v) is 17.7. The smallest absolute Gasteiger partial charge is 0.141 e. The van der Waals surface area contributed by atoms with Gasteiger partial charge in [-0.1, -0.05) is 80.4 Å². The number of unbranched alkanes of at least 4 members (excludes halogenated alkanes) is 2. The highest BCUT2D eigenvalue weighted by molar-refractivity contribution is 5.82. The minimum absolute atomic E-state index is 0.856. The Balaban J connectivity index is 1.93. The van der Waals surface area contributed by atoms with E-state index in [1.54, 1.807) is 7.11 Å². The molecule has 0 amide bonds. The summed E-state index contributed by atoms with van der Waals surface area (Å²) in [6, 6.07) is 29.3. The second-order valence-electron chi connectivity index (χ2n) is 7.45. The van der Waals surface area contributed by atoms with Crippen molar-refractivity contribution in [3.05, 3.63) is 84.9 Å². The van der Waals surface area contributed by atoms with Gasteiger partial charge in [0.15, 0.2) is 0 Å². The van der Waals surface area contributed by atoms with Crippen molar-refractivity contribution in [3.8, 4) is 39.7 Å². The monoisotopic (exact) mass is 396 g/mol. The Bertz CT molecular complexity index is 1070. The SMILES string of the molecule is CCCCCn1c(-c2ccc(OC)cc2)nc(-c2ccccc2)c1-c1ccccc1. The van der Waals surface area contributed by atoms with Crippen molar-refractivity contribution in [2.75, 3.05) is 7.11 Å². The van der Waals surface area contributed by atoms with Crippen molar-refractivity contribution in [2.45, 2.75) is 32.7 Å². The molecule has 0 spiro atoms. The average molecular weight is 397 g/mol. The largest absolute Gasteiger partial charge is 0.497 e. The van der Waals surface area contributed by atoms with Crippen molar-refractivity contribution >= 4 is 0 Å². The van der Waals surface area contributed by atoms with Crippen LogP contribution in [-0.2, 0) is 6.54 Å². The van der Waals surface area contributed by atoms with Gasteiger partial charge >= 0.3 is 0 Å². The van der Waals surface area contributed by atoms with Crippen molar-refractivity contribution in [1.82, 2.24) is 9.55 Å². The molecule has 0 bridgehead atoms. The number of ether oxygens (including phenoxy) is 1. The second kappa shape index (κ2) is 9.45. The van der Waals surface area contributed by atoms with Gasteiger partial charge in [0.2, 0.25) is 0 Å². The summed E-state index contributed by atoms with van der Waals surface area (Å²) in [6.07, 6.45) is 3.53. The zero-order chi connectivity index (χ0) is 20.8. The first-order chi connectivity index (χ1) is 14.8. The van der Waals surface area contributed by atoms with Crippen LogP contribution in [0.15, 0.2) is 84.9 Å². The van der Waals surface area contributed by atoms with Crippen LogP contribution in [0.25, 0.3) is 33.9 Å². The predicted octanol–water partition coefficient (Wildman–Crippen LogP) is 7.08. The third kappa shape index (κ3) is 4.16. The minimum Gasteiger partial charge on any atom is -0.497 e. The number of rotatable bonds is 8. The van der Waals surface area contributed by atoms with Gasteiger partial charge in [0.25, 0.3) is 0 Å². The first-order valence-corrected chi connectivity index (χ1v) is 10.7. The molecule has 3 aromatic carbocycles. The summed E-state index contributed by atoms with van der Waals surface area (Å²) in [6.45, 7) is 3.19. The molecule has 0 aliphatic rings. The summed E-state index contributed by atoms with van der Waals surface area (Å²) in [5, 5.41) is 0.